The van der Waals surface area contributed by atoms with Crippen molar-refractivity contribution in [3.05, 3.63) is 40.2 Å². The second-order valence-electron chi connectivity index (χ2n) is 5.23. The predicted octanol–water partition coefficient (Wildman–Crippen LogP) is 4.09. The molecule has 0 spiro atoms. The zero-order valence-electron chi connectivity index (χ0n) is 10.6. The Hall–Kier alpha value is -0.480. The molecule has 1 heterocycles. The monoisotopic (exact) mass is 316 g/mol. The Morgan fingerprint density at radius 2 is 1.83 bits per heavy atom. The van der Waals surface area contributed by atoms with Crippen LogP contribution in [0.5, 0.6) is 0 Å². The predicted molar refractivity (Wildman–Crippen MR) is 72.6 cm³/mol. The van der Waals surface area contributed by atoms with Gasteiger partial charge in [0.1, 0.15) is 0 Å². The molecule has 0 amide bonds. The van der Waals surface area contributed by atoms with Crippen LogP contribution < -0.4 is 0 Å². The number of likely N-dealkylation sites (tertiary alicyclic amines) is 1. The minimum atomic E-state index is -2.72. The van der Waals surface area contributed by atoms with E-state index < -0.39 is 11.8 Å². The summed E-state index contributed by atoms with van der Waals surface area (Å²) in [6.07, 6.45) is 0. The van der Waals surface area contributed by atoms with Gasteiger partial charge >= 0.3 is 0 Å². The van der Waals surface area contributed by atoms with Gasteiger partial charge in [-0.2, -0.15) is 0 Å². The first-order chi connectivity index (χ1) is 8.39. The van der Waals surface area contributed by atoms with Crippen molar-refractivity contribution >= 4 is 15.9 Å². The highest BCUT2D eigenvalue weighted by atomic mass is 79.9. The first-order valence-electron chi connectivity index (χ1n) is 6.05. The van der Waals surface area contributed by atoms with Crippen molar-refractivity contribution in [1.82, 2.24) is 4.90 Å². The summed E-state index contributed by atoms with van der Waals surface area (Å²) < 4.78 is 29.2. The SMILES string of the molecule is C[C](C)CN1CC(C(F)(F)c2ccc(Br)cc2)C1. The van der Waals surface area contributed by atoms with Crippen LogP contribution in [0.15, 0.2) is 28.7 Å². The molecule has 1 saturated heterocycles. The molecule has 1 aliphatic heterocycles. The number of halogens is 3. The topological polar surface area (TPSA) is 3.24 Å². The van der Waals surface area contributed by atoms with Crippen LogP contribution in [-0.2, 0) is 5.92 Å². The van der Waals surface area contributed by atoms with Gasteiger partial charge < -0.3 is 4.90 Å². The minimum Gasteiger partial charge on any atom is -0.302 e. The van der Waals surface area contributed by atoms with Crippen molar-refractivity contribution in [3.63, 3.8) is 0 Å². The molecule has 99 valence electrons. The molecular weight excluding hydrogens is 300 g/mol. The Labute approximate surface area is 115 Å². The summed E-state index contributed by atoms with van der Waals surface area (Å²) in [5.74, 6) is -2.02. The molecule has 1 fully saturated rings. The van der Waals surface area contributed by atoms with Gasteiger partial charge in [-0.05, 0) is 18.1 Å². The van der Waals surface area contributed by atoms with E-state index in [0.29, 0.717) is 13.1 Å². The standard InChI is InChI=1S/C14H17BrF2N/c1-10(2)7-18-8-12(9-18)14(16,17)11-3-5-13(15)6-4-11/h3-6,12H,7-9H2,1-2H3. The van der Waals surface area contributed by atoms with Crippen LogP contribution in [0.2, 0.25) is 0 Å². The van der Waals surface area contributed by atoms with Crippen molar-refractivity contribution in [2.45, 2.75) is 19.8 Å². The fraction of sp³-hybridized carbons (Fsp3) is 0.500. The van der Waals surface area contributed by atoms with Crippen LogP contribution in [0.4, 0.5) is 8.78 Å². The van der Waals surface area contributed by atoms with Gasteiger partial charge in [0.25, 0.3) is 5.92 Å². The molecule has 0 saturated carbocycles. The molecule has 2 rings (SSSR count). The lowest BCUT2D eigenvalue weighted by molar-refractivity contribution is -0.123. The maximum atomic E-state index is 14.2. The molecule has 4 heteroatoms. The Balaban J connectivity index is 1.98. The number of nitrogens with zero attached hydrogens (tertiary/aromatic N) is 1. The molecule has 1 aliphatic rings. The smallest absolute Gasteiger partial charge is 0.278 e. The van der Waals surface area contributed by atoms with E-state index in [0.717, 1.165) is 11.0 Å². The van der Waals surface area contributed by atoms with E-state index in [9.17, 15) is 8.78 Å². The second-order valence-corrected chi connectivity index (χ2v) is 6.14. The largest absolute Gasteiger partial charge is 0.302 e. The Bertz CT molecular complexity index is 397. The third-order valence-corrected chi connectivity index (χ3v) is 3.77. The van der Waals surface area contributed by atoms with Crippen LogP contribution in [0.1, 0.15) is 19.4 Å². The third kappa shape index (κ3) is 2.91. The van der Waals surface area contributed by atoms with Crippen LogP contribution in [-0.4, -0.2) is 24.5 Å². The summed E-state index contributed by atoms with van der Waals surface area (Å²) in [6, 6.07) is 6.35. The average molecular weight is 317 g/mol. The van der Waals surface area contributed by atoms with E-state index >= 15 is 0 Å². The number of benzene rings is 1. The van der Waals surface area contributed by atoms with Gasteiger partial charge in [0.2, 0.25) is 0 Å². The fourth-order valence-corrected chi connectivity index (χ4v) is 2.55. The van der Waals surface area contributed by atoms with Gasteiger partial charge in [-0.15, -0.1) is 0 Å². The second kappa shape index (κ2) is 5.25. The van der Waals surface area contributed by atoms with Gasteiger partial charge in [0.15, 0.2) is 0 Å². The summed E-state index contributed by atoms with van der Waals surface area (Å²) in [6.45, 7) is 5.84. The van der Waals surface area contributed by atoms with Crippen molar-refractivity contribution in [2.24, 2.45) is 5.92 Å². The normalized spacial score (nSPS) is 18.1. The molecule has 1 radical (unpaired) electrons. The number of hydrogen-bond donors (Lipinski definition) is 0. The molecule has 0 unspecified atom stereocenters. The van der Waals surface area contributed by atoms with E-state index in [1.54, 1.807) is 12.1 Å². The van der Waals surface area contributed by atoms with Crippen LogP contribution in [0.25, 0.3) is 0 Å². The fourth-order valence-electron chi connectivity index (χ4n) is 2.28. The van der Waals surface area contributed by atoms with Crippen molar-refractivity contribution in [1.29, 1.82) is 0 Å². The zero-order chi connectivity index (χ0) is 13.3. The average Bonchev–Trinajstić information content (AvgIpc) is 2.23. The lowest BCUT2D eigenvalue weighted by atomic mass is 9.87. The summed E-state index contributed by atoms with van der Waals surface area (Å²) >= 11 is 3.26. The quantitative estimate of drug-likeness (QED) is 0.808. The number of hydrogen-bond acceptors (Lipinski definition) is 1. The number of rotatable bonds is 4. The van der Waals surface area contributed by atoms with Crippen LogP contribution >= 0.6 is 15.9 Å². The first kappa shape index (κ1) is 13.9. The highest BCUT2D eigenvalue weighted by Gasteiger charge is 2.47. The lowest BCUT2D eigenvalue weighted by Gasteiger charge is -2.43. The van der Waals surface area contributed by atoms with Crippen molar-refractivity contribution in [3.8, 4) is 0 Å². The zero-order valence-corrected chi connectivity index (χ0v) is 12.2. The molecule has 1 nitrogen and oxygen atoms in total. The highest BCUT2D eigenvalue weighted by Crippen LogP contribution is 2.41. The highest BCUT2D eigenvalue weighted by molar-refractivity contribution is 9.10. The van der Waals surface area contributed by atoms with E-state index in [4.69, 9.17) is 0 Å². The molecule has 0 aliphatic carbocycles. The summed E-state index contributed by atoms with van der Waals surface area (Å²) in [7, 11) is 0. The van der Waals surface area contributed by atoms with Crippen molar-refractivity contribution in [2.75, 3.05) is 19.6 Å². The van der Waals surface area contributed by atoms with E-state index in [-0.39, 0.29) is 5.56 Å². The maximum Gasteiger partial charge on any atom is 0.278 e. The molecular formula is C14H17BrF2N. The maximum absolute atomic E-state index is 14.2. The van der Waals surface area contributed by atoms with Gasteiger partial charge in [0.05, 0.1) is 5.92 Å². The van der Waals surface area contributed by atoms with Crippen LogP contribution in [0, 0.1) is 11.8 Å². The van der Waals surface area contributed by atoms with Gasteiger partial charge in [-0.25, -0.2) is 8.78 Å². The number of alkyl halides is 2. The van der Waals surface area contributed by atoms with Crippen LogP contribution in [0.3, 0.4) is 0 Å². The lowest BCUT2D eigenvalue weighted by Crippen LogP contribution is -2.54. The summed E-state index contributed by atoms with van der Waals surface area (Å²) in [5, 5.41) is 0. The molecule has 0 N–H and O–H groups in total. The Kier molecular flexibility index (Phi) is 4.07. The first-order valence-corrected chi connectivity index (χ1v) is 6.84. The summed E-state index contributed by atoms with van der Waals surface area (Å²) in [4.78, 5) is 2.06. The van der Waals surface area contributed by atoms with E-state index in [1.807, 2.05) is 13.8 Å². The van der Waals surface area contributed by atoms with Gasteiger partial charge in [0, 0.05) is 29.7 Å². The minimum absolute atomic E-state index is 0.118. The molecule has 0 atom stereocenters. The molecule has 1 aromatic carbocycles. The Morgan fingerprint density at radius 1 is 1.28 bits per heavy atom. The Morgan fingerprint density at radius 3 is 2.33 bits per heavy atom. The van der Waals surface area contributed by atoms with E-state index in [2.05, 4.69) is 20.8 Å². The van der Waals surface area contributed by atoms with Crippen molar-refractivity contribution < 1.29 is 8.78 Å². The van der Waals surface area contributed by atoms with Gasteiger partial charge in [-0.1, -0.05) is 41.9 Å². The van der Waals surface area contributed by atoms with Gasteiger partial charge in [-0.3, -0.25) is 0 Å². The summed E-state index contributed by atoms with van der Waals surface area (Å²) in [5.41, 5.74) is 0.118. The molecule has 18 heavy (non-hydrogen) atoms. The molecule has 0 bridgehead atoms. The van der Waals surface area contributed by atoms with E-state index in [1.165, 1.54) is 18.1 Å². The molecule has 0 aromatic heterocycles. The third-order valence-electron chi connectivity index (χ3n) is 3.24. The molecule has 1 aromatic rings.